The number of carboxylic acids is 1. The number of carboxylic acid groups (broad SMARTS) is 1. The molecule has 1 atom stereocenters. The van der Waals surface area contributed by atoms with E-state index >= 15 is 0 Å². The van der Waals surface area contributed by atoms with E-state index in [-0.39, 0.29) is 31.3 Å². The third-order valence-electron chi connectivity index (χ3n) is 6.55. The van der Waals surface area contributed by atoms with E-state index < -0.39 is 23.6 Å². The number of rotatable bonds is 8. The first-order chi connectivity index (χ1) is 16.4. The Morgan fingerprint density at radius 3 is 2.24 bits per heavy atom. The van der Waals surface area contributed by atoms with Crippen molar-refractivity contribution in [2.45, 2.75) is 50.1 Å². The summed E-state index contributed by atoms with van der Waals surface area (Å²) >= 11 is 1.79. The van der Waals surface area contributed by atoms with Gasteiger partial charge in [-0.1, -0.05) is 48.5 Å². The largest absolute Gasteiger partial charge is 0.481 e. The summed E-state index contributed by atoms with van der Waals surface area (Å²) in [4.78, 5) is 36.4. The van der Waals surface area contributed by atoms with E-state index in [9.17, 15) is 14.4 Å². The lowest BCUT2D eigenvalue weighted by Gasteiger charge is -2.37. The Kier molecular flexibility index (Phi) is 7.46. The van der Waals surface area contributed by atoms with Gasteiger partial charge in [0.25, 0.3) is 0 Å². The minimum atomic E-state index is -0.964. The molecule has 3 N–H and O–H groups in total. The molecule has 2 amide bonds. The van der Waals surface area contributed by atoms with E-state index in [0.717, 1.165) is 22.6 Å². The quantitative estimate of drug-likeness (QED) is 0.522. The number of ether oxygens (including phenoxy) is 1. The van der Waals surface area contributed by atoms with Crippen LogP contribution in [0.5, 0.6) is 0 Å². The Balaban J connectivity index is 1.40. The molecular weight excluding hydrogens is 452 g/mol. The number of hydrogen-bond donors (Lipinski definition) is 3. The van der Waals surface area contributed by atoms with Gasteiger partial charge >= 0.3 is 12.1 Å². The molecule has 1 aliphatic heterocycles. The van der Waals surface area contributed by atoms with Crippen LogP contribution in [0.15, 0.2) is 48.5 Å². The van der Waals surface area contributed by atoms with E-state index in [1.807, 2.05) is 24.3 Å². The van der Waals surface area contributed by atoms with Crippen molar-refractivity contribution in [1.29, 1.82) is 0 Å². The number of hydrogen-bond acceptors (Lipinski definition) is 5. The number of nitrogens with one attached hydrogen (secondary N) is 2. The molecule has 1 saturated heterocycles. The fourth-order valence-electron chi connectivity index (χ4n) is 4.91. The van der Waals surface area contributed by atoms with Crippen molar-refractivity contribution in [2.75, 3.05) is 18.1 Å². The maximum absolute atomic E-state index is 12.9. The van der Waals surface area contributed by atoms with Crippen molar-refractivity contribution < 1.29 is 24.2 Å². The normalized spacial score (nSPS) is 17.2. The van der Waals surface area contributed by atoms with Crippen LogP contribution in [0.4, 0.5) is 4.79 Å². The Bertz CT molecular complexity index is 1020. The standard InChI is InChI=1S/C26H30N2O5S/c1-17(14-24(30)31)27-23(29)15-26(10-12-34-13-11-26)28-25(32)33-16-22-20-8-4-2-6-18(20)19-7-3-5-9-21(19)22/h2-9,17,22H,10-16H2,1H3,(H,27,29)(H,28,32)(H,30,31)/t17-/m1/s1. The highest BCUT2D eigenvalue weighted by Gasteiger charge is 2.37. The lowest BCUT2D eigenvalue weighted by molar-refractivity contribution is -0.137. The Labute approximate surface area is 203 Å². The zero-order chi connectivity index (χ0) is 24.1. The molecular formula is C26H30N2O5S. The Morgan fingerprint density at radius 1 is 1.06 bits per heavy atom. The number of fused-ring (bicyclic) bond motifs is 3. The first-order valence-electron chi connectivity index (χ1n) is 11.6. The van der Waals surface area contributed by atoms with Crippen molar-refractivity contribution in [3.8, 4) is 11.1 Å². The van der Waals surface area contributed by atoms with Crippen LogP contribution in [0.3, 0.4) is 0 Å². The van der Waals surface area contributed by atoms with E-state index in [1.165, 1.54) is 11.1 Å². The number of carbonyl (C=O) groups is 3. The second kappa shape index (κ2) is 10.5. The van der Waals surface area contributed by atoms with E-state index in [2.05, 4.69) is 34.9 Å². The molecule has 0 unspecified atom stereocenters. The maximum Gasteiger partial charge on any atom is 0.407 e. The minimum absolute atomic E-state index is 0.0313. The summed E-state index contributed by atoms with van der Waals surface area (Å²) in [6.07, 6.45) is 0.738. The molecule has 0 spiro atoms. The summed E-state index contributed by atoms with van der Waals surface area (Å²) in [7, 11) is 0. The van der Waals surface area contributed by atoms with Gasteiger partial charge in [0.15, 0.2) is 0 Å². The second-order valence-electron chi connectivity index (χ2n) is 9.09. The molecule has 7 nitrogen and oxygen atoms in total. The molecule has 180 valence electrons. The molecule has 8 heteroatoms. The predicted octanol–water partition coefficient (Wildman–Crippen LogP) is 4.16. The van der Waals surface area contributed by atoms with Crippen LogP contribution in [0.2, 0.25) is 0 Å². The smallest absolute Gasteiger partial charge is 0.407 e. The third-order valence-corrected chi connectivity index (χ3v) is 7.53. The molecule has 1 heterocycles. The minimum Gasteiger partial charge on any atom is -0.481 e. The van der Waals surface area contributed by atoms with E-state index in [4.69, 9.17) is 9.84 Å². The van der Waals surface area contributed by atoms with Crippen molar-refractivity contribution in [3.63, 3.8) is 0 Å². The Hall–Kier alpha value is -3.00. The zero-order valence-electron chi connectivity index (χ0n) is 19.2. The SMILES string of the molecule is C[C@H](CC(=O)O)NC(=O)CC1(NC(=O)OCC2c3ccccc3-c3ccccc32)CCSCC1. The summed E-state index contributed by atoms with van der Waals surface area (Å²) < 4.78 is 5.72. The number of amides is 2. The molecule has 34 heavy (non-hydrogen) atoms. The highest BCUT2D eigenvalue weighted by molar-refractivity contribution is 7.99. The Morgan fingerprint density at radius 2 is 1.65 bits per heavy atom. The first-order valence-corrected chi connectivity index (χ1v) is 12.7. The van der Waals surface area contributed by atoms with Crippen LogP contribution in [-0.2, 0) is 14.3 Å². The summed E-state index contributed by atoms with van der Waals surface area (Å²) in [5, 5.41) is 14.7. The van der Waals surface area contributed by atoms with Crippen LogP contribution in [0.25, 0.3) is 11.1 Å². The molecule has 0 saturated carbocycles. The van der Waals surface area contributed by atoms with Gasteiger partial charge in [-0.15, -0.1) is 0 Å². The van der Waals surface area contributed by atoms with Gasteiger partial charge < -0.3 is 20.5 Å². The van der Waals surface area contributed by atoms with Crippen molar-refractivity contribution in [1.82, 2.24) is 10.6 Å². The molecule has 2 aromatic carbocycles. The van der Waals surface area contributed by atoms with Gasteiger partial charge in [0.05, 0.1) is 12.0 Å². The average molecular weight is 483 g/mol. The van der Waals surface area contributed by atoms with Gasteiger partial charge in [0, 0.05) is 18.4 Å². The zero-order valence-corrected chi connectivity index (χ0v) is 20.0. The third kappa shape index (κ3) is 5.55. The molecule has 0 bridgehead atoms. The van der Waals surface area contributed by atoms with Crippen molar-refractivity contribution >= 4 is 29.7 Å². The molecule has 1 fully saturated rings. The number of thioether (sulfide) groups is 1. The van der Waals surface area contributed by atoms with Gasteiger partial charge in [0.2, 0.25) is 5.91 Å². The summed E-state index contributed by atoms with van der Waals surface area (Å²) in [5.41, 5.74) is 3.93. The molecule has 0 radical (unpaired) electrons. The summed E-state index contributed by atoms with van der Waals surface area (Å²) in [6, 6.07) is 15.9. The first kappa shape index (κ1) is 24.1. The topological polar surface area (TPSA) is 105 Å². The van der Waals surface area contributed by atoms with Crippen LogP contribution < -0.4 is 10.6 Å². The van der Waals surface area contributed by atoms with Crippen molar-refractivity contribution in [3.05, 3.63) is 59.7 Å². The molecule has 2 aromatic rings. The van der Waals surface area contributed by atoms with Crippen molar-refractivity contribution in [2.24, 2.45) is 0 Å². The monoisotopic (exact) mass is 482 g/mol. The number of carbonyl (C=O) groups excluding carboxylic acids is 2. The van der Waals surface area contributed by atoms with Gasteiger partial charge in [-0.2, -0.15) is 11.8 Å². The fraction of sp³-hybridized carbons (Fsp3) is 0.423. The average Bonchev–Trinajstić information content (AvgIpc) is 3.11. The van der Waals surface area contributed by atoms with Gasteiger partial charge in [-0.05, 0) is 53.5 Å². The lowest BCUT2D eigenvalue weighted by Crippen LogP contribution is -2.54. The highest BCUT2D eigenvalue weighted by atomic mass is 32.2. The maximum atomic E-state index is 12.9. The number of benzene rings is 2. The summed E-state index contributed by atoms with van der Waals surface area (Å²) in [6.45, 7) is 1.88. The van der Waals surface area contributed by atoms with Gasteiger partial charge in [-0.3, -0.25) is 9.59 Å². The van der Waals surface area contributed by atoms with Gasteiger partial charge in [-0.25, -0.2) is 4.79 Å². The van der Waals surface area contributed by atoms with Crippen LogP contribution in [0.1, 0.15) is 49.7 Å². The van der Waals surface area contributed by atoms with Crippen LogP contribution >= 0.6 is 11.8 Å². The van der Waals surface area contributed by atoms with E-state index in [0.29, 0.717) is 12.8 Å². The van der Waals surface area contributed by atoms with Gasteiger partial charge in [0.1, 0.15) is 6.61 Å². The highest BCUT2D eigenvalue weighted by Crippen LogP contribution is 2.44. The molecule has 1 aliphatic carbocycles. The number of alkyl carbamates (subject to hydrolysis) is 1. The molecule has 2 aliphatic rings. The van der Waals surface area contributed by atoms with Crippen LogP contribution in [-0.4, -0.2) is 52.8 Å². The summed E-state index contributed by atoms with van der Waals surface area (Å²) in [5.74, 6) is 0.410. The fourth-order valence-corrected chi connectivity index (χ4v) is 6.18. The molecule has 4 rings (SSSR count). The second-order valence-corrected chi connectivity index (χ2v) is 10.3. The predicted molar refractivity (Wildman–Crippen MR) is 132 cm³/mol. The lowest BCUT2D eigenvalue weighted by atomic mass is 9.88. The van der Waals surface area contributed by atoms with E-state index in [1.54, 1.807) is 18.7 Å². The number of aliphatic carboxylic acids is 1. The molecule has 0 aromatic heterocycles. The van der Waals surface area contributed by atoms with Crippen LogP contribution in [0, 0.1) is 0 Å².